The molecule has 0 aromatic heterocycles. The van der Waals surface area contributed by atoms with Crippen LogP contribution in [0.2, 0.25) is 0 Å². The van der Waals surface area contributed by atoms with Gasteiger partial charge in [0, 0.05) is 31.0 Å². The molecular formula is C22H23F2NO2. The van der Waals surface area contributed by atoms with Crippen molar-refractivity contribution in [2.75, 3.05) is 19.7 Å². The molecule has 2 fully saturated rings. The number of rotatable bonds is 6. The van der Waals surface area contributed by atoms with Crippen LogP contribution in [0.25, 0.3) is 0 Å². The number of ether oxygens (including phenoxy) is 1. The van der Waals surface area contributed by atoms with Crippen molar-refractivity contribution < 1.29 is 18.3 Å². The van der Waals surface area contributed by atoms with Crippen LogP contribution in [0.1, 0.15) is 29.9 Å². The third-order valence-corrected chi connectivity index (χ3v) is 5.53. The van der Waals surface area contributed by atoms with Gasteiger partial charge in [-0.25, -0.2) is 8.78 Å². The Balaban J connectivity index is 1.25. The van der Waals surface area contributed by atoms with E-state index < -0.39 is 11.6 Å². The van der Waals surface area contributed by atoms with E-state index in [0.29, 0.717) is 37.7 Å². The summed E-state index contributed by atoms with van der Waals surface area (Å²) in [6, 6.07) is 13.6. The molecule has 1 aliphatic heterocycles. The first-order valence-corrected chi connectivity index (χ1v) is 9.47. The van der Waals surface area contributed by atoms with Gasteiger partial charge in [-0.1, -0.05) is 36.4 Å². The molecule has 2 aliphatic rings. The highest BCUT2D eigenvalue weighted by Gasteiger charge is 2.47. The molecule has 0 radical (unpaired) electrons. The van der Waals surface area contributed by atoms with Crippen molar-refractivity contribution in [1.29, 1.82) is 0 Å². The lowest BCUT2D eigenvalue weighted by Gasteiger charge is -2.17. The Morgan fingerprint density at radius 1 is 1.15 bits per heavy atom. The van der Waals surface area contributed by atoms with E-state index in [-0.39, 0.29) is 17.7 Å². The van der Waals surface area contributed by atoms with E-state index >= 15 is 0 Å². The van der Waals surface area contributed by atoms with Gasteiger partial charge in [0.15, 0.2) is 0 Å². The van der Waals surface area contributed by atoms with Crippen LogP contribution in [-0.4, -0.2) is 30.5 Å². The molecule has 1 saturated heterocycles. The van der Waals surface area contributed by atoms with Gasteiger partial charge in [0.25, 0.3) is 0 Å². The number of hydrogen-bond donors (Lipinski definition) is 0. The van der Waals surface area contributed by atoms with E-state index in [1.165, 1.54) is 12.1 Å². The van der Waals surface area contributed by atoms with Crippen LogP contribution < -0.4 is 0 Å². The fourth-order valence-corrected chi connectivity index (χ4v) is 3.93. The van der Waals surface area contributed by atoms with Crippen molar-refractivity contribution in [3.8, 4) is 0 Å². The second-order valence-corrected chi connectivity index (χ2v) is 7.55. The summed E-state index contributed by atoms with van der Waals surface area (Å²) in [6.07, 6.45) is 1.58. The van der Waals surface area contributed by atoms with Gasteiger partial charge >= 0.3 is 0 Å². The van der Waals surface area contributed by atoms with Gasteiger partial charge in [-0.3, -0.25) is 4.79 Å². The summed E-state index contributed by atoms with van der Waals surface area (Å²) < 4.78 is 32.8. The molecule has 4 rings (SSSR count). The van der Waals surface area contributed by atoms with Gasteiger partial charge in [0.05, 0.1) is 13.2 Å². The molecule has 1 saturated carbocycles. The van der Waals surface area contributed by atoms with Crippen LogP contribution in [0.3, 0.4) is 0 Å². The van der Waals surface area contributed by atoms with Crippen molar-refractivity contribution in [3.63, 3.8) is 0 Å². The first-order chi connectivity index (χ1) is 13.1. The number of nitrogens with zero attached hydrogens (tertiary/aromatic N) is 1. The largest absolute Gasteiger partial charge is 0.376 e. The van der Waals surface area contributed by atoms with Crippen LogP contribution in [0.15, 0.2) is 48.5 Å². The Hall–Kier alpha value is -2.27. The summed E-state index contributed by atoms with van der Waals surface area (Å²) >= 11 is 0. The number of hydrogen-bond acceptors (Lipinski definition) is 2. The third kappa shape index (κ3) is 4.19. The monoisotopic (exact) mass is 371 g/mol. The molecule has 0 N–H and O–H groups in total. The first kappa shape index (κ1) is 18.1. The van der Waals surface area contributed by atoms with Crippen molar-refractivity contribution in [3.05, 3.63) is 71.3 Å². The van der Waals surface area contributed by atoms with Gasteiger partial charge in [-0.05, 0) is 36.0 Å². The number of halogens is 2. The number of benzene rings is 2. The lowest BCUT2D eigenvalue weighted by atomic mass is 10.1. The smallest absolute Gasteiger partial charge is 0.226 e. The fraction of sp³-hybridized carbons (Fsp3) is 0.409. The maximum Gasteiger partial charge on any atom is 0.226 e. The average molecular weight is 371 g/mol. The molecule has 3 atom stereocenters. The second-order valence-electron chi connectivity index (χ2n) is 7.55. The van der Waals surface area contributed by atoms with E-state index in [1.807, 2.05) is 35.2 Å². The van der Waals surface area contributed by atoms with Crippen molar-refractivity contribution in [2.24, 2.45) is 11.8 Å². The minimum absolute atomic E-state index is 0.0919. The predicted molar refractivity (Wildman–Crippen MR) is 98.0 cm³/mol. The van der Waals surface area contributed by atoms with E-state index in [0.717, 1.165) is 24.6 Å². The zero-order valence-corrected chi connectivity index (χ0v) is 15.1. The maximum absolute atomic E-state index is 13.9. The molecule has 5 heteroatoms. The van der Waals surface area contributed by atoms with E-state index in [4.69, 9.17) is 4.74 Å². The Morgan fingerprint density at radius 2 is 1.96 bits per heavy atom. The quantitative estimate of drug-likeness (QED) is 0.764. The van der Waals surface area contributed by atoms with Crippen LogP contribution >= 0.6 is 0 Å². The topological polar surface area (TPSA) is 29.5 Å². The molecule has 1 amide bonds. The van der Waals surface area contributed by atoms with Gasteiger partial charge < -0.3 is 9.64 Å². The normalized spacial score (nSPS) is 24.2. The molecule has 1 unspecified atom stereocenters. The van der Waals surface area contributed by atoms with Gasteiger partial charge in [0.1, 0.15) is 11.6 Å². The highest BCUT2D eigenvalue weighted by molar-refractivity contribution is 5.83. The van der Waals surface area contributed by atoms with Crippen molar-refractivity contribution >= 4 is 5.91 Å². The average Bonchev–Trinajstić information content (AvgIpc) is 3.31. The summed E-state index contributed by atoms with van der Waals surface area (Å²) in [5.74, 6) is -0.992. The summed E-state index contributed by atoms with van der Waals surface area (Å²) in [5.41, 5.74) is 1.60. The molecule has 0 spiro atoms. The maximum atomic E-state index is 13.9. The fourth-order valence-electron chi connectivity index (χ4n) is 3.93. The molecule has 0 bridgehead atoms. The van der Waals surface area contributed by atoms with E-state index in [9.17, 15) is 13.6 Å². The Labute approximate surface area is 157 Å². The Morgan fingerprint density at radius 3 is 2.74 bits per heavy atom. The first-order valence-electron chi connectivity index (χ1n) is 9.47. The SMILES string of the molecule is O=C([C@@H]1C[C@H]1c1ccc(F)cc1F)N1CCC(COCc2ccccc2)C1. The lowest BCUT2D eigenvalue weighted by Crippen LogP contribution is -2.31. The number of carbonyl (C=O) groups excluding carboxylic acids is 1. The molecule has 2 aromatic carbocycles. The highest BCUT2D eigenvalue weighted by atomic mass is 19.1. The number of likely N-dealkylation sites (tertiary alicyclic amines) is 1. The van der Waals surface area contributed by atoms with Crippen molar-refractivity contribution in [2.45, 2.75) is 25.4 Å². The summed E-state index contributed by atoms with van der Waals surface area (Å²) in [7, 11) is 0. The third-order valence-electron chi connectivity index (χ3n) is 5.53. The van der Waals surface area contributed by atoms with Crippen LogP contribution in [0, 0.1) is 23.5 Å². The molecule has 1 heterocycles. The van der Waals surface area contributed by atoms with Gasteiger partial charge in [0.2, 0.25) is 5.91 Å². The van der Waals surface area contributed by atoms with Crippen molar-refractivity contribution in [1.82, 2.24) is 4.90 Å². The Bertz CT molecular complexity index is 811. The minimum atomic E-state index is -0.585. The van der Waals surface area contributed by atoms with Gasteiger partial charge in [-0.2, -0.15) is 0 Å². The molecule has 3 nitrogen and oxygen atoms in total. The Kier molecular flexibility index (Phi) is 5.21. The standard InChI is InChI=1S/C22H23F2NO2/c23-17-6-7-18(21(24)10-17)19-11-20(19)22(26)25-9-8-16(12-25)14-27-13-15-4-2-1-3-5-15/h1-7,10,16,19-20H,8-9,11-14H2/t16?,19-,20+/m0/s1. The van der Waals surface area contributed by atoms with E-state index in [1.54, 1.807) is 0 Å². The van der Waals surface area contributed by atoms with Crippen LogP contribution in [0.5, 0.6) is 0 Å². The summed E-state index contributed by atoms with van der Waals surface area (Å²) in [4.78, 5) is 14.6. The lowest BCUT2D eigenvalue weighted by molar-refractivity contribution is -0.131. The number of carbonyl (C=O) groups is 1. The zero-order chi connectivity index (χ0) is 18.8. The molecular weight excluding hydrogens is 348 g/mol. The molecule has 2 aromatic rings. The predicted octanol–water partition coefficient (Wildman–Crippen LogP) is 4.13. The molecule has 27 heavy (non-hydrogen) atoms. The summed E-state index contributed by atoms with van der Waals surface area (Å²) in [6.45, 7) is 2.65. The molecule has 142 valence electrons. The van der Waals surface area contributed by atoms with E-state index in [2.05, 4.69) is 0 Å². The molecule has 1 aliphatic carbocycles. The highest BCUT2D eigenvalue weighted by Crippen LogP contribution is 2.49. The zero-order valence-electron chi connectivity index (χ0n) is 15.1. The van der Waals surface area contributed by atoms with Crippen LogP contribution in [-0.2, 0) is 16.1 Å². The van der Waals surface area contributed by atoms with Crippen LogP contribution in [0.4, 0.5) is 8.78 Å². The minimum Gasteiger partial charge on any atom is -0.376 e. The number of amides is 1. The van der Waals surface area contributed by atoms with Gasteiger partial charge in [-0.15, -0.1) is 0 Å². The summed E-state index contributed by atoms with van der Waals surface area (Å²) in [5, 5.41) is 0. The second kappa shape index (κ2) is 7.77.